The smallest absolute Gasteiger partial charge is 0.394 e. The quantitative estimate of drug-likeness (QED) is 0.783. The van der Waals surface area contributed by atoms with Crippen LogP contribution in [0.4, 0.5) is 23.7 Å². The number of hydrogen-bond donors (Lipinski definition) is 2. The van der Waals surface area contributed by atoms with E-state index >= 15 is 0 Å². The first-order chi connectivity index (χ1) is 10.3. The van der Waals surface area contributed by atoms with Crippen molar-refractivity contribution in [2.45, 2.75) is 25.1 Å². The molecule has 1 fully saturated rings. The number of pyridine rings is 1. The summed E-state index contributed by atoms with van der Waals surface area (Å²) in [5.41, 5.74) is 4.01. The molecule has 1 aliphatic heterocycles. The maximum absolute atomic E-state index is 12.7. The molecule has 1 aromatic rings. The molecule has 1 atom stereocenters. The van der Waals surface area contributed by atoms with E-state index in [0.29, 0.717) is 12.7 Å². The third-order valence-electron chi connectivity index (χ3n) is 2.96. The molecule has 0 radical (unpaired) electrons. The van der Waals surface area contributed by atoms with Crippen LogP contribution in [0.2, 0.25) is 0 Å². The first-order valence-electron chi connectivity index (χ1n) is 6.38. The number of nitrogens with one attached hydrogen (secondary N) is 1. The zero-order valence-electron chi connectivity index (χ0n) is 11.2. The summed E-state index contributed by atoms with van der Waals surface area (Å²) in [5, 5.41) is 2.45. The van der Waals surface area contributed by atoms with Crippen molar-refractivity contribution in [2.24, 2.45) is 0 Å². The van der Waals surface area contributed by atoms with Crippen molar-refractivity contribution in [3.05, 3.63) is 16.2 Å². The van der Waals surface area contributed by atoms with E-state index in [2.05, 4.69) is 26.2 Å². The van der Waals surface area contributed by atoms with Gasteiger partial charge in [0.2, 0.25) is 5.88 Å². The van der Waals surface area contributed by atoms with Gasteiger partial charge in [-0.3, -0.25) is 0 Å². The number of carbonyl (C=O) groups is 1. The molecule has 1 unspecified atom stereocenters. The highest BCUT2D eigenvalue weighted by molar-refractivity contribution is 9.10. The average Bonchev–Trinajstić information content (AvgIpc) is 2.92. The summed E-state index contributed by atoms with van der Waals surface area (Å²) in [6, 6.07) is 0.653. The molecule has 2 rings (SSSR count). The van der Waals surface area contributed by atoms with Crippen molar-refractivity contribution in [2.75, 3.05) is 18.9 Å². The van der Waals surface area contributed by atoms with Gasteiger partial charge in [-0.2, -0.15) is 13.2 Å². The monoisotopic (exact) mass is 383 g/mol. The second-order valence-corrected chi connectivity index (χ2v) is 5.38. The van der Waals surface area contributed by atoms with Gasteiger partial charge in [-0.25, -0.2) is 9.78 Å². The van der Waals surface area contributed by atoms with Gasteiger partial charge in [0.05, 0.1) is 17.4 Å². The predicted molar refractivity (Wildman–Crippen MR) is 74.4 cm³/mol. The van der Waals surface area contributed by atoms with Gasteiger partial charge in [-0.15, -0.1) is 0 Å². The normalized spacial score (nSPS) is 18.3. The van der Waals surface area contributed by atoms with Crippen LogP contribution in [-0.2, 0) is 10.9 Å². The van der Waals surface area contributed by atoms with Crippen LogP contribution in [0.5, 0.6) is 5.88 Å². The van der Waals surface area contributed by atoms with Crippen molar-refractivity contribution < 1.29 is 27.4 Å². The minimum absolute atomic E-state index is 0.0859. The van der Waals surface area contributed by atoms with Crippen molar-refractivity contribution in [3.8, 4) is 5.88 Å². The van der Waals surface area contributed by atoms with E-state index in [0.717, 1.165) is 12.8 Å². The van der Waals surface area contributed by atoms with Crippen molar-refractivity contribution in [1.29, 1.82) is 0 Å². The molecule has 1 aliphatic rings. The van der Waals surface area contributed by atoms with Gasteiger partial charge < -0.3 is 20.5 Å². The van der Waals surface area contributed by atoms with Gasteiger partial charge in [0.25, 0.3) is 0 Å². The van der Waals surface area contributed by atoms with Crippen LogP contribution in [0.25, 0.3) is 0 Å². The summed E-state index contributed by atoms with van der Waals surface area (Å²) in [4.78, 5) is 15.1. The van der Waals surface area contributed by atoms with E-state index < -0.39 is 28.3 Å². The fourth-order valence-corrected chi connectivity index (χ4v) is 2.40. The molecule has 0 spiro atoms. The van der Waals surface area contributed by atoms with E-state index in [4.69, 9.17) is 15.2 Å². The second kappa shape index (κ2) is 6.69. The predicted octanol–water partition coefficient (Wildman–Crippen LogP) is 2.71. The van der Waals surface area contributed by atoms with Crippen LogP contribution in [0.15, 0.2) is 10.7 Å². The number of nitrogens with two attached hydrogens (primary N) is 1. The minimum Gasteiger partial charge on any atom is -0.394 e. The Hall–Kier alpha value is -1.55. The van der Waals surface area contributed by atoms with E-state index in [9.17, 15) is 18.0 Å². The molecule has 1 aromatic heterocycles. The summed E-state index contributed by atoms with van der Waals surface area (Å²) in [5.74, 6) is -0.398. The Bertz CT molecular complexity index is 563. The van der Waals surface area contributed by atoms with Crippen LogP contribution in [0, 0.1) is 0 Å². The van der Waals surface area contributed by atoms with Crippen molar-refractivity contribution in [3.63, 3.8) is 0 Å². The standard InChI is InChI=1S/C12H13BrF3N3O3/c13-9-7(12(14,15)16)4-8(17)10(19-9)22-11(20)18-5-6-2-1-3-21-6/h4,6H,1-3,5,17H2,(H,18,20). The maximum Gasteiger partial charge on any atom is 0.419 e. The number of hydrogen-bond acceptors (Lipinski definition) is 5. The topological polar surface area (TPSA) is 86.5 Å². The van der Waals surface area contributed by atoms with Gasteiger partial charge >= 0.3 is 12.3 Å². The van der Waals surface area contributed by atoms with Crippen LogP contribution in [0.3, 0.4) is 0 Å². The van der Waals surface area contributed by atoms with Gasteiger partial charge in [-0.1, -0.05) is 0 Å². The molecule has 122 valence electrons. The molecule has 1 amide bonds. The second-order valence-electron chi connectivity index (χ2n) is 4.62. The van der Waals surface area contributed by atoms with Crippen LogP contribution >= 0.6 is 15.9 Å². The van der Waals surface area contributed by atoms with Crippen LogP contribution in [-0.4, -0.2) is 30.3 Å². The van der Waals surface area contributed by atoms with Gasteiger partial charge in [0, 0.05) is 13.2 Å². The lowest BCUT2D eigenvalue weighted by atomic mass is 10.2. The first-order valence-corrected chi connectivity index (χ1v) is 7.17. The number of halogens is 4. The molecule has 0 saturated carbocycles. The fraction of sp³-hybridized carbons (Fsp3) is 0.500. The molecule has 0 bridgehead atoms. The summed E-state index contributed by atoms with van der Waals surface area (Å²) in [7, 11) is 0. The highest BCUT2D eigenvalue weighted by atomic mass is 79.9. The molecule has 3 N–H and O–H groups in total. The van der Waals surface area contributed by atoms with E-state index in [1.165, 1.54) is 0 Å². The largest absolute Gasteiger partial charge is 0.419 e. The Kier molecular flexibility index (Phi) is 5.12. The lowest BCUT2D eigenvalue weighted by Gasteiger charge is -2.13. The average molecular weight is 384 g/mol. The molecule has 1 saturated heterocycles. The number of carbonyl (C=O) groups excluding carboxylic acids is 1. The number of ether oxygens (including phenoxy) is 2. The minimum atomic E-state index is -4.61. The Morgan fingerprint density at radius 3 is 2.91 bits per heavy atom. The fourth-order valence-electron chi connectivity index (χ4n) is 1.90. The number of aromatic nitrogens is 1. The third kappa shape index (κ3) is 4.23. The number of amides is 1. The summed E-state index contributed by atoms with van der Waals surface area (Å²) < 4.78 is 47.6. The number of anilines is 1. The van der Waals surface area contributed by atoms with Gasteiger partial charge in [0.1, 0.15) is 4.60 Å². The summed E-state index contributed by atoms with van der Waals surface area (Å²) >= 11 is 2.68. The van der Waals surface area contributed by atoms with Gasteiger partial charge in [0.15, 0.2) is 0 Å². The maximum atomic E-state index is 12.7. The Morgan fingerprint density at radius 2 is 2.32 bits per heavy atom. The highest BCUT2D eigenvalue weighted by Gasteiger charge is 2.35. The van der Waals surface area contributed by atoms with Crippen molar-refractivity contribution >= 4 is 27.7 Å². The van der Waals surface area contributed by atoms with E-state index in [1.54, 1.807) is 0 Å². The summed E-state index contributed by atoms with van der Waals surface area (Å²) in [6.07, 6.45) is -3.81. The highest BCUT2D eigenvalue weighted by Crippen LogP contribution is 2.37. The molecular formula is C12H13BrF3N3O3. The Morgan fingerprint density at radius 1 is 1.59 bits per heavy atom. The molecule has 22 heavy (non-hydrogen) atoms. The molecule has 10 heteroatoms. The zero-order chi connectivity index (χ0) is 16.3. The van der Waals surface area contributed by atoms with Crippen molar-refractivity contribution in [1.82, 2.24) is 10.3 Å². The lowest BCUT2D eigenvalue weighted by Crippen LogP contribution is -2.34. The lowest BCUT2D eigenvalue weighted by molar-refractivity contribution is -0.138. The first kappa shape index (κ1) is 16.8. The van der Waals surface area contributed by atoms with Crippen LogP contribution in [0.1, 0.15) is 18.4 Å². The summed E-state index contributed by atoms with van der Waals surface area (Å²) in [6.45, 7) is 0.891. The molecule has 0 aromatic carbocycles. The van der Waals surface area contributed by atoms with Gasteiger partial charge in [-0.05, 0) is 34.8 Å². The Balaban J connectivity index is 2.00. The van der Waals surface area contributed by atoms with Crippen LogP contribution < -0.4 is 15.8 Å². The molecule has 2 heterocycles. The molecular weight excluding hydrogens is 371 g/mol. The molecule has 6 nitrogen and oxygen atoms in total. The third-order valence-corrected chi connectivity index (χ3v) is 3.57. The van der Waals surface area contributed by atoms with E-state index in [-0.39, 0.29) is 18.3 Å². The SMILES string of the molecule is Nc1cc(C(F)(F)F)c(Br)nc1OC(=O)NCC1CCCO1. The number of rotatable bonds is 3. The Labute approximate surface area is 132 Å². The van der Waals surface area contributed by atoms with E-state index in [1.807, 2.05) is 0 Å². The molecule has 0 aliphatic carbocycles. The number of nitrogens with zero attached hydrogens (tertiary/aromatic N) is 1. The zero-order valence-corrected chi connectivity index (χ0v) is 12.8. The number of alkyl halides is 3. The number of nitrogen functional groups attached to an aromatic ring is 1.